The van der Waals surface area contributed by atoms with Crippen molar-refractivity contribution in [3.8, 4) is 0 Å². The topological polar surface area (TPSA) is 57.8 Å². The van der Waals surface area contributed by atoms with Crippen LogP contribution in [-0.4, -0.2) is 79.1 Å². The van der Waals surface area contributed by atoms with Gasteiger partial charge in [-0.15, -0.1) is 0 Å². The van der Waals surface area contributed by atoms with Gasteiger partial charge in [0.05, 0.1) is 23.9 Å². The van der Waals surface area contributed by atoms with Crippen LogP contribution >= 0.6 is 0 Å². The van der Waals surface area contributed by atoms with Gasteiger partial charge in [-0.2, -0.15) is 0 Å². The van der Waals surface area contributed by atoms with Gasteiger partial charge in [0.1, 0.15) is 6.10 Å². The number of hydrogen-bond donors (Lipinski definition) is 0. The molecule has 4 saturated heterocycles. The summed E-state index contributed by atoms with van der Waals surface area (Å²) in [6.45, 7) is 11.6. The Morgan fingerprint density at radius 2 is 1.82 bits per heavy atom. The number of amides is 1. The molecule has 0 aromatic carbocycles. The number of nitrogens with zero attached hydrogens (tertiary/aromatic N) is 2. The van der Waals surface area contributed by atoms with Gasteiger partial charge in [0.2, 0.25) is 0 Å². The van der Waals surface area contributed by atoms with Crippen molar-refractivity contribution in [2.75, 3.05) is 39.8 Å². The van der Waals surface area contributed by atoms with E-state index >= 15 is 0 Å². The fourth-order valence-electron chi connectivity index (χ4n) is 6.62. The number of hydrogen-bond acceptors (Lipinski definition) is 5. The molecule has 5 rings (SSSR count). The third-order valence-electron chi connectivity index (χ3n) is 9.25. The van der Waals surface area contributed by atoms with Crippen molar-refractivity contribution in [1.82, 2.24) is 9.80 Å². The highest BCUT2D eigenvalue weighted by Gasteiger charge is 2.68. The third-order valence-corrected chi connectivity index (χ3v) is 9.25. The maximum Gasteiger partial charge on any atom is 0.410 e. The fourth-order valence-corrected chi connectivity index (χ4v) is 6.62. The molecule has 0 aromatic rings. The smallest absolute Gasteiger partial charge is 0.410 e. The molecule has 0 aromatic heterocycles. The largest absolute Gasteiger partial charge is 0.446 e. The minimum absolute atomic E-state index is 0.0132. The van der Waals surface area contributed by atoms with Crippen molar-refractivity contribution < 1.29 is 19.0 Å². The first-order chi connectivity index (χ1) is 15.8. The lowest BCUT2D eigenvalue weighted by Crippen LogP contribution is -2.52. The molecule has 5 atom stereocenters. The highest BCUT2D eigenvalue weighted by molar-refractivity contribution is 5.68. The second-order valence-corrected chi connectivity index (χ2v) is 12.1. The van der Waals surface area contributed by atoms with Gasteiger partial charge in [-0.3, -0.25) is 0 Å². The standard InChI is InChI=1S/C27H44N2O4/c1-19(2)5-8-24-26(3,33-24)23-15-22(9-12-27(23)18-31-27)32-25(30)29-16-21(17-29)7-6-20-10-13-28(4)14-11-20/h5,20-24H,6-18H2,1-4H3/t22?,23?,24-,26-,27?/m1/s1. The van der Waals surface area contributed by atoms with E-state index in [2.05, 4.69) is 38.8 Å². The number of likely N-dealkylation sites (tertiary alicyclic amines) is 2. The zero-order valence-corrected chi connectivity index (χ0v) is 21.2. The molecule has 33 heavy (non-hydrogen) atoms. The van der Waals surface area contributed by atoms with Crippen LogP contribution in [-0.2, 0) is 14.2 Å². The van der Waals surface area contributed by atoms with Crippen LogP contribution in [0.4, 0.5) is 4.79 Å². The van der Waals surface area contributed by atoms with E-state index < -0.39 is 0 Å². The first kappa shape index (κ1) is 23.6. The molecular weight excluding hydrogens is 416 g/mol. The molecule has 5 aliphatic rings. The molecule has 0 bridgehead atoms. The quantitative estimate of drug-likeness (QED) is 0.410. The molecule has 1 spiro atoms. The molecule has 3 unspecified atom stereocenters. The Kier molecular flexibility index (Phi) is 6.56. The van der Waals surface area contributed by atoms with Crippen molar-refractivity contribution in [3.63, 3.8) is 0 Å². The van der Waals surface area contributed by atoms with E-state index in [0.29, 0.717) is 11.8 Å². The molecule has 6 heteroatoms. The van der Waals surface area contributed by atoms with E-state index in [-0.39, 0.29) is 29.5 Å². The molecule has 5 fully saturated rings. The Labute approximate surface area is 200 Å². The van der Waals surface area contributed by atoms with Crippen molar-refractivity contribution in [1.29, 1.82) is 0 Å². The van der Waals surface area contributed by atoms with Gasteiger partial charge in [-0.05, 0) is 104 Å². The van der Waals surface area contributed by atoms with Crippen LogP contribution in [0.25, 0.3) is 0 Å². The highest BCUT2D eigenvalue weighted by Crippen LogP contribution is 2.59. The van der Waals surface area contributed by atoms with Crippen LogP contribution in [0.1, 0.15) is 72.1 Å². The SMILES string of the molecule is CC(C)=CC[C@H]1O[C@]1(C)C1CC(OC(=O)N2CC(CCC3CCN(C)CC3)C2)CCC12CO2. The average molecular weight is 461 g/mol. The van der Waals surface area contributed by atoms with Gasteiger partial charge in [-0.25, -0.2) is 4.79 Å². The number of carbonyl (C=O) groups excluding carboxylic acids is 1. The monoisotopic (exact) mass is 460 g/mol. The van der Waals surface area contributed by atoms with Crippen LogP contribution < -0.4 is 0 Å². The lowest BCUT2D eigenvalue weighted by Gasteiger charge is -2.42. The number of piperidine rings is 1. The minimum atomic E-state index is -0.149. The summed E-state index contributed by atoms with van der Waals surface area (Å²) in [5, 5.41) is 0. The number of allylic oxidation sites excluding steroid dienone is 1. The summed E-state index contributed by atoms with van der Waals surface area (Å²) in [7, 11) is 2.22. The summed E-state index contributed by atoms with van der Waals surface area (Å²) in [5.41, 5.74) is 1.15. The summed E-state index contributed by atoms with van der Waals surface area (Å²) in [4.78, 5) is 17.1. The molecule has 4 aliphatic heterocycles. The maximum atomic E-state index is 12.8. The second kappa shape index (κ2) is 9.16. The van der Waals surface area contributed by atoms with E-state index in [4.69, 9.17) is 14.2 Å². The Bertz CT molecular complexity index is 747. The molecule has 1 aliphatic carbocycles. The predicted octanol–water partition coefficient (Wildman–Crippen LogP) is 4.63. The van der Waals surface area contributed by atoms with Crippen LogP contribution in [0, 0.1) is 17.8 Å². The third kappa shape index (κ3) is 5.13. The van der Waals surface area contributed by atoms with E-state index in [1.54, 1.807) is 0 Å². The predicted molar refractivity (Wildman–Crippen MR) is 128 cm³/mol. The molecule has 6 nitrogen and oxygen atoms in total. The molecule has 186 valence electrons. The molecule has 4 heterocycles. The summed E-state index contributed by atoms with van der Waals surface area (Å²) >= 11 is 0. The first-order valence-electron chi connectivity index (χ1n) is 13.4. The Balaban J connectivity index is 1.06. The van der Waals surface area contributed by atoms with Crippen LogP contribution in [0.5, 0.6) is 0 Å². The van der Waals surface area contributed by atoms with E-state index in [0.717, 1.165) is 51.3 Å². The van der Waals surface area contributed by atoms with E-state index in [1.807, 2.05) is 4.90 Å². The molecular formula is C27H44N2O4. The van der Waals surface area contributed by atoms with Crippen LogP contribution in [0.15, 0.2) is 11.6 Å². The summed E-state index contributed by atoms with van der Waals surface area (Å²) in [6.07, 6.45) is 11.4. The minimum Gasteiger partial charge on any atom is -0.446 e. The molecule has 1 saturated carbocycles. The van der Waals surface area contributed by atoms with Gasteiger partial charge in [0.25, 0.3) is 0 Å². The average Bonchev–Trinajstić information content (AvgIpc) is 3.66. The normalized spacial score (nSPS) is 39.3. The summed E-state index contributed by atoms with van der Waals surface area (Å²) in [6, 6.07) is 0. The maximum absolute atomic E-state index is 12.8. The fraction of sp³-hybridized carbons (Fsp3) is 0.889. The number of epoxide rings is 2. The first-order valence-corrected chi connectivity index (χ1v) is 13.4. The number of rotatable bonds is 7. The van der Waals surface area contributed by atoms with Gasteiger partial charge in [0.15, 0.2) is 0 Å². The van der Waals surface area contributed by atoms with Crippen molar-refractivity contribution >= 4 is 6.09 Å². The van der Waals surface area contributed by atoms with Crippen molar-refractivity contribution in [2.24, 2.45) is 17.8 Å². The Morgan fingerprint density at radius 3 is 2.48 bits per heavy atom. The van der Waals surface area contributed by atoms with Crippen LogP contribution in [0.3, 0.4) is 0 Å². The Morgan fingerprint density at radius 1 is 1.12 bits per heavy atom. The lowest BCUT2D eigenvalue weighted by atomic mass is 9.70. The molecule has 0 N–H and O–H groups in total. The van der Waals surface area contributed by atoms with Crippen LogP contribution in [0.2, 0.25) is 0 Å². The van der Waals surface area contributed by atoms with Gasteiger partial charge in [0, 0.05) is 19.0 Å². The number of ether oxygens (including phenoxy) is 3. The van der Waals surface area contributed by atoms with E-state index in [9.17, 15) is 4.79 Å². The molecule has 0 radical (unpaired) electrons. The van der Waals surface area contributed by atoms with Gasteiger partial charge >= 0.3 is 6.09 Å². The molecule has 1 amide bonds. The van der Waals surface area contributed by atoms with Gasteiger partial charge in [-0.1, -0.05) is 11.6 Å². The van der Waals surface area contributed by atoms with Crippen molar-refractivity contribution in [2.45, 2.75) is 95.5 Å². The summed E-state index contributed by atoms with van der Waals surface area (Å²) in [5.74, 6) is 1.85. The summed E-state index contributed by atoms with van der Waals surface area (Å²) < 4.78 is 18.2. The van der Waals surface area contributed by atoms with Crippen molar-refractivity contribution in [3.05, 3.63) is 11.6 Å². The van der Waals surface area contributed by atoms with E-state index in [1.165, 1.54) is 44.3 Å². The Hall–Kier alpha value is -1.11. The second-order valence-electron chi connectivity index (χ2n) is 12.1. The zero-order chi connectivity index (χ0) is 23.2. The lowest BCUT2D eigenvalue weighted by molar-refractivity contribution is -0.0232. The highest BCUT2D eigenvalue weighted by atomic mass is 16.6. The zero-order valence-electron chi connectivity index (χ0n) is 21.2. The number of carbonyl (C=O) groups is 1. The van der Waals surface area contributed by atoms with Gasteiger partial charge < -0.3 is 24.0 Å².